The molecule has 0 amide bonds. The van der Waals surface area contributed by atoms with Gasteiger partial charge in [-0.3, -0.25) is 9.69 Å². The zero-order valence-electron chi connectivity index (χ0n) is 6.50. The topological polar surface area (TPSA) is 46.3 Å². The summed E-state index contributed by atoms with van der Waals surface area (Å²) in [6, 6.07) is 0.272. The van der Waals surface area contributed by atoms with Crippen LogP contribution in [-0.4, -0.2) is 36.4 Å². The Bertz CT molecular complexity index is 147. The summed E-state index contributed by atoms with van der Waals surface area (Å²) >= 11 is 0. The van der Waals surface area contributed by atoms with Crippen LogP contribution in [0.15, 0.2) is 0 Å². The Morgan fingerprint density at radius 1 is 1.70 bits per heavy atom. The smallest absolute Gasteiger partial charge is 0.146 e. The van der Waals surface area contributed by atoms with E-state index in [1.165, 1.54) is 0 Å². The second-order valence-corrected chi connectivity index (χ2v) is 3.06. The van der Waals surface area contributed by atoms with Gasteiger partial charge in [0.2, 0.25) is 0 Å². The van der Waals surface area contributed by atoms with Gasteiger partial charge in [-0.25, -0.2) is 0 Å². The fourth-order valence-corrected chi connectivity index (χ4v) is 1.51. The summed E-state index contributed by atoms with van der Waals surface area (Å²) in [4.78, 5) is 12.9. The van der Waals surface area contributed by atoms with Crippen LogP contribution in [0.2, 0.25) is 0 Å². The quantitative estimate of drug-likeness (QED) is 0.542. The summed E-state index contributed by atoms with van der Waals surface area (Å²) < 4.78 is 0. The van der Waals surface area contributed by atoms with Crippen LogP contribution in [0.4, 0.5) is 0 Å². The highest BCUT2D eigenvalue weighted by Crippen LogP contribution is 2.14. The highest BCUT2D eigenvalue weighted by Gasteiger charge is 2.29. The highest BCUT2D eigenvalue weighted by atomic mass is 16.1. The third kappa shape index (κ3) is 1.36. The lowest BCUT2D eigenvalue weighted by molar-refractivity contribution is -0.120. The van der Waals surface area contributed by atoms with Crippen molar-refractivity contribution < 1.29 is 4.79 Å². The zero-order valence-corrected chi connectivity index (χ0v) is 6.50. The number of ketones is 1. The van der Waals surface area contributed by atoms with Crippen molar-refractivity contribution in [2.24, 2.45) is 5.73 Å². The summed E-state index contributed by atoms with van der Waals surface area (Å²) in [7, 11) is 1.94. The summed E-state index contributed by atoms with van der Waals surface area (Å²) in [5.41, 5.74) is 5.66. The number of Topliss-reactive ketones (excluding diaryl/α,β-unsaturated/α-hetero) is 1. The lowest BCUT2D eigenvalue weighted by atomic mass is 10.1. The largest absolute Gasteiger partial charge is 0.326 e. The minimum Gasteiger partial charge on any atom is -0.326 e. The molecule has 3 heteroatoms. The number of rotatable bonds is 1. The van der Waals surface area contributed by atoms with Crippen LogP contribution in [0, 0.1) is 0 Å². The normalized spacial score (nSPS) is 34.7. The van der Waals surface area contributed by atoms with E-state index in [0.29, 0.717) is 0 Å². The summed E-state index contributed by atoms with van der Waals surface area (Å²) in [5, 5.41) is 0. The summed E-state index contributed by atoms with van der Waals surface area (Å²) in [6.45, 7) is 2.48. The van der Waals surface area contributed by atoms with E-state index >= 15 is 0 Å². The number of likely N-dealkylation sites (tertiary alicyclic amines) is 1. The minimum atomic E-state index is 0.0787. The molecule has 2 N–H and O–H groups in total. The van der Waals surface area contributed by atoms with Gasteiger partial charge in [0.05, 0.1) is 6.04 Å². The molecule has 0 radical (unpaired) electrons. The third-order valence-corrected chi connectivity index (χ3v) is 2.05. The number of likely N-dealkylation sites (N-methyl/N-ethyl adjacent to an activating group) is 1. The van der Waals surface area contributed by atoms with Crippen molar-refractivity contribution in [1.82, 2.24) is 4.90 Å². The molecule has 1 aliphatic rings. The molecule has 2 atom stereocenters. The second-order valence-electron chi connectivity index (χ2n) is 3.06. The molecule has 0 bridgehead atoms. The Morgan fingerprint density at radius 2 is 2.30 bits per heavy atom. The van der Waals surface area contributed by atoms with Crippen LogP contribution < -0.4 is 5.73 Å². The molecule has 0 spiro atoms. The molecule has 58 valence electrons. The lowest BCUT2D eigenvalue weighted by Gasteiger charge is -2.14. The molecule has 0 aliphatic carbocycles. The molecule has 0 aromatic rings. The first-order chi connectivity index (χ1) is 4.61. The predicted octanol–water partition coefficient (Wildman–Crippen LogP) is -0.393. The second kappa shape index (κ2) is 2.68. The van der Waals surface area contributed by atoms with Crippen molar-refractivity contribution >= 4 is 5.78 Å². The molecule has 0 aromatic heterocycles. The van der Waals surface area contributed by atoms with Crippen molar-refractivity contribution in [3.8, 4) is 0 Å². The van der Waals surface area contributed by atoms with Crippen LogP contribution in [0.1, 0.15) is 13.3 Å². The van der Waals surface area contributed by atoms with Gasteiger partial charge in [0, 0.05) is 12.6 Å². The zero-order chi connectivity index (χ0) is 7.72. The van der Waals surface area contributed by atoms with Crippen molar-refractivity contribution in [3.63, 3.8) is 0 Å². The standard InChI is InChI=1S/C7H14N2O/c1-5(10)7-3-6(8)4-9(7)2/h6-7H,3-4,8H2,1-2H3. The summed E-state index contributed by atoms with van der Waals surface area (Å²) in [5.74, 6) is 0.232. The van der Waals surface area contributed by atoms with E-state index in [2.05, 4.69) is 0 Å². The van der Waals surface area contributed by atoms with Crippen molar-refractivity contribution in [1.29, 1.82) is 0 Å². The van der Waals surface area contributed by atoms with Crippen LogP contribution in [0.25, 0.3) is 0 Å². The fourth-order valence-electron chi connectivity index (χ4n) is 1.51. The van der Waals surface area contributed by atoms with Gasteiger partial charge >= 0.3 is 0 Å². The van der Waals surface area contributed by atoms with Crippen LogP contribution in [-0.2, 0) is 4.79 Å². The van der Waals surface area contributed by atoms with Crippen molar-refractivity contribution in [3.05, 3.63) is 0 Å². The van der Waals surface area contributed by atoms with Gasteiger partial charge in [0.1, 0.15) is 5.78 Å². The Labute approximate surface area is 61.2 Å². The number of hydrogen-bond acceptors (Lipinski definition) is 3. The van der Waals surface area contributed by atoms with Gasteiger partial charge in [-0.2, -0.15) is 0 Å². The first kappa shape index (κ1) is 7.69. The molecule has 2 unspecified atom stereocenters. The van der Waals surface area contributed by atoms with Gasteiger partial charge < -0.3 is 5.73 Å². The number of hydrogen-bond donors (Lipinski definition) is 1. The minimum absolute atomic E-state index is 0.0787. The molecule has 3 nitrogen and oxygen atoms in total. The molecule has 1 fully saturated rings. The molecular weight excluding hydrogens is 128 g/mol. The lowest BCUT2D eigenvalue weighted by Crippen LogP contribution is -2.31. The SMILES string of the molecule is CC(=O)C1CC(N)CN1C. The maximum absolute atomic E-state index is 10.9. The number of carbonyl (C=O) groups is 1. The first-order valence-electron chi connectivity index (χ1n) is 3.57. The average molecular weight is 142 g/mol. The Morgan fingerprint density at radius 3 is 2.50 bits per heavy atom. The van der Waals surface area contributed by atoms with Crippen molar-refractivity contribution in [2.45, 2.75) is 25.4 Å². The van der Waals surface area contributed by atoms with E-state index in [-0.39, 0.29) is 17.9 Å². The molecule has 0 saturated carbocycles. The predicted molar refractivity (Wildman–Crippen MR) is 39.7 cm³/mol. The Kier molecular flexibility index (Phi) is 2.06. The maximum atomic E-state index is 10.9. The van der Waals surface area contributed by atoms with E-state index in [1.807, 2.05) is 11.9 Å². The molecule has 1 rings (SSSR count). The Balaban J connectivity index is 2.54. The van der Waals surface area contributed by atoms with E-state index < -0.39 is 0 Å². The molecule has 1 aliphatic heterocycles. The van der Waals surface area contributed by atoms with Gasteiger partial charge in [-0.1, -0.05) is 0 Å². The highest BCUT2D eigenvalue weighted by molar-refractivity contribution is 5.81. The van der Waals surface area contributed by atoms with Crippen molar-refractivity contribution in [2.75, 3.05) is 13.6 Å². The first-order valence-corrected chi connectivity index (χ1v) is 3.57. The maximum Gasteiger partial charge on any atom is 0.146 e. The van der Waals surface area contributed by atoms with Crippen LogP contribution >= 0.6 is 0 Å². The van der Waals surface area contributed by atoms with E-state index in [9.17, 15) is 4.79 Å². The molecular formula is C7H14N2O. The molecule has 1 heterocycles. The van der Waals surface area contributed by atoms with E-state index in [4.69, 9.17) is 5.73 Å². The van der Waals surface area contributed by atoms with E-state index in [1.54, 1.807) is 6.92 Å². The molecule has 0 aromatic carbocycles. The number of nitrogens with zero attached hydrogens (tertiary/aromatic N) is 1. The molecule has 1 saturated heterocycles. The molecule has 10 heavy (non-hydrogen) atoms. The van der Waals surface area contributed by atoms with E-state index in [0.717, 1.165) is 13.0 Å². The van der Waals surface area contributed by atoms with Gasteiger partial charge in [0.25, 0.3) is 0 Å². The van der Waals surface area contributed by atoms with Crippen LogP contribution in [0.3, 0.4) is 0 Å². The van der Waals surface area contributed by atoms with Crippen LogP contribution in [0.5, 0.6) is 0 Å². The third-order valence-electron chi connectivity index (χ3n) is 2.05. The monoisotopic (exact) mass is 142 g/mol. The average Bonchev–Trinajstić information content (AvgIpc) is 2.10. The number of carbonyl (C=O) groups excluding carboxylic acids is 1. The van der Waals surface area contributed by atoms with Gasteiger partial charge in [-0.15, -0.1) is 0 Å². The Hall–Kier alpha value is -0.410. The fraction of sp³-hybridized carbons (Fsp3) is 0.857. The number of nitrogens with two attached hydrogens (primary N) is 1. The van der Waals surface area contributed by atoms with Gasteiger partial charge in [0.15, 0.2) is 0 Å². The summed E-state index contributed by atoms with van der Waals surface area (Å²) in [6.07, 6.45) is 0.825. The van der Waals surface area contributed by atoms with Gasteiger partial charge in [-0.05, 0) is 20.4 Å².